The molecule has 4 rings (SSSR count). The van der Waals surface area contributed by atoms with Crippen molar-refractivity contribution in [1.29, 1.82) is 0 Å². The summed E-state index contributed by atoms with van der Waals surface area (Å²) >= 11 is 0. The highest BCUT2D eigenvalue weighted by Gasteiger charge is 2.30. The third-order valence-electron chi connectivity index (χ3n) is 6.96. The fourth-order valence-electron chi connectivity index (χ4n) is 5.11. The first-order valence-corrected chi connectivity index (χ1v) is 13.3. The molecule has 2 N–H and O–H groups in total. The lowest BCUT2D eigenvalue weighted by Gasteiger charge is -2.26. The topological polar surface area (TPSA) is 77.0 Å². The van der Waals surface area contributed by atoms with Gasteiger partial charge in [-0.15, -0.1) is 24.0 Å². The van der Waals surface area contributed by atoms with E-state index < -0.39 is 10.0 Å². The van der Waals surface area contributed by atoms with Gasteiger partial charge < -0.3 is 10.6 Å². The summed E-state index contributed by atoms with van der Waals surface area (Å²) in [5.74, 6) is 0.809. The fourth-order valence-corrected chi connectivity index (χ4v) is 6.63. The van der Waals surface area contributed by atoms with Crippen LogP contribution in [-0.4, -0.2) is 68.9 Å². The Hall–Kier alpha value is -0.910. The van der Waals surface area contributed by atoms with Crippen molar-refractivity contribution in [2.45, 2.75) is 74.9 Å². The molecule has 180 valence electrons. The van der Waals surface area contributed by atoms with Gasteiger partial charge in [-0.3, -0.25) is 9.89 Å². The van der Waals surface area contributed by atoms with Crippen molar-refractivity contribution >= 4 is 40.0 Å². The summed E-state index contributed by atoms with van der Waals surface area (Å²) in [6, 6.07) is 8.47. The highest BCUT2D eigenvalue weighted by molar-refractivity contribution is 14.0. The van der Waals surface area contributed by atoms with Crippen LogP contribution in [0, 0.1) is 0 Å². The summed E-state index contributed by atoms with van der Waals surface area (Å²) in [4.78, 5) is 7.41. The largest absolute Gasteiger partial charge is 0.352 e. The maximum absolute atomic E-state index is 12.8. The molecule has 1 saturated carbocycles. The number of halogens is 1. The summed E-state index contributed by atoms with van der Waals surface area (Å²) in [5.41, 5.74) is 1.04. The molecule has 3 aliphatic rings. The van der Waals surface area contributed by atoms with E-state index in [1.165, 1.54) is 32.2 Å². The van der Waals surface area contributed by atoms with Crippen LogP contribution < -0.4 is 10.6 Å². The Morgan fingerprint density at radius 2 is 1.69 bits per heavy atom. The van der Waals surface area contributed by atoms with Crippen LogP contribution in [0.25, 0.3) is 0 Å². The molecule has 0 amide bonds. The van der Waals surface area contributed by atoms with Gasteiger partial charge in [-0.05, 0) is 49.8 Å². The van der Waals surface area contributed by atoms with E-state index in [4.69, 9.17) is 0 Å². The van der Waals surface area contributed by atoms with Crippen molar-refractivity contribution < 1.29 is 8.42 Å². The molecular formula is C23H38IN5O2S. The number of piperidine rings is 1. The van der Waals surface area contributed by atoms with E-state index in [1.54, 1.807) is 23.5 Å². The smallest absolute Gasteiger partial charge is 0.243 e. The van der Waals surface area contributed by atoms with Gasteiger partial charge in [-0.1, -0.05) is 31.4 Å². The third kappa shape index (κ3) is 6.36. The normalized spacial score (nSPS) is 23.8. The van der Waals surface area contributed by atoms with Crippen LogP contribution in [0.5, 0.6) is 0 Å². The molecular weight excluding hydrogens is 537 g/mol. The van der Waals surface area contributed by atoms with E-state index in [0.29, 0.717) is 30.6 Å². The number of aliphatic imine (C=N–C) groups is 1. The lowest BCUT2D eigenvalue weighted by Crippen LogP contribution is -2.45. The molecule has 0 radical (unpaired) electrons. The molecule has 9 heteroatoms. The van der Waals surface area contributed by atoms with Gasteiger partial charge in [0.1, 0.15) is 0 Å². The van der Waals surface area contributed by atoms with Gasteiger partial charge in [0, 0.05) is 51.9 Å². The SMILES string of the molecule is CN=C(NCc1ccc(S(=O)(=O)N2CCCCC2)cc1)NC1CCN(C2CCCC2)C1.I. The van der Waals surface area contributed by atoms with Crippen molar-refractivity contribution in [2.24, 2.45) is 4.99 Å². The molecule has 2 aliphatic heterocycles. The number of guanidine groups is 1. The lowest BCUT2D eigenvalue weighted by molar-refractivity contribution is 0.242. The van der Waals surface area contributed by atoms with Crippen LogP contribution in [0.4, 0.5) is 0 Å². The third-order valence-corrected chi connectivity index (χ3v) is 8.87. The second-order valence-electron chi connectivity index (χ2n) is 9.10. The number of likely N-dealkylation sites (tertiary alicyclic amines) is 1. The quantitative estimate of drug-likeness (QED) is 0.310. The van der Waals surface area contributed by atoms with Gasteiger partial charge >= 0.3 is 0 Å². The first-order valence-electron chi connectivity index (χ1n) is 11.9. The second kappa shape index (κ2) is 12.0. The Bertz CT molecular complexity index is 850. The Balaban J connectivity index is 0.00000289. The Labute approximate surface area is 210 Å². The zero-order valence-corrected chi connectivity index (χ0v) is 22.3. The van der Waals surface area contributed by atoms with Gasteiger partial charge in [0.25, 0.3) is 0 Å². The number of nitrogens with zero attached hydrogens (tertiary/aromatic N) is 3. The molecule has 0 aromatic heterocycles. The van der Waals surface area contributed by atoms with E-state index in [2.05, 4.69) is 20.5 Å². The molecule has 0 bridgehead atoms. The van der Waals surface area contributed by atoms with Crippen LogP contribution in [-0.2, 0) is 16.6 Å². The molecule has 2 saturated heterocycles. The average molecular weight is 576 g/mol. The second-order valence-corrected chi connectivity index (χ2v) is 11.0. The monoisotopic (exact) mass is 575 g/mol. The van der Waals surface area contributed by atoms with Gasteiger partial charge in [0.05, 0.1) is 4.90 Å². The van der Waals surface area contributed by atoms with Crippen LogP contribution >= 0.6 is 24.0 Å². The van der Waals surface area contributed by atoms with E-state index in [0.717, 1.165) is 49.8 Å². The first-order chi connectivity index (χ1) is 15.1. The Kier molecular flexibility index (Phi) is 9.63. The van der Waals surface area contributed by atoms with Crippen LogP contribution in [0.1, 0.15) is 56.9 Å². The number of benzene rings is 1. The molecule has 0 spiro atoms. The number of nitrogens with one attached hydrogen (secondary N) is 2. The minimum atomic E-state index is -3.37. The van der Waals surface area contributed by atoms with Crippen molar-refractivity contribution in [3.63, 3.8) is 0 Å². The summed E-state index contributed by atoms with van der Waals surface area (Å²) < 4.78 is 27.2. The first kappa shape index (κ1) is 25.7. The van der Waals surface area contributed by atoms with Crippen molar-refractivity contribution in [3.8, 4) is 0 Å². The van der Waals surface area contributed by atoms with E-state index >= 15 is 0 Å². The maximum atomic E-state index is 12.8. The molecule has 7 nitrogen and oxygen atoms in total. The Morgan fingerprint density at radius 1 is 1.00 bits per heavy atom. The molecule has 1 aliphatic carbocycles. The van der Waals surface area contributed by atoms with Gasteiger partial charge in [0.2, 0.25) is 10.0 Å². The minimum absolute atomic E-state index is 0. The number of sulfonamides is 1. The van der Waals surface area contributed by atoms with Crippen LogP contribution in [0.2, 0.25) is 0 Å². The predicted octanol–water partition coefficient (Wildman–Crippen LogP) is 3.16. The molecule has 1 aromatic carbocycles. The van der Waals surface area contributed by atoms with Crippen LogP contribution in [0.3, 0.4) is 0 Å². The zero-order valence-electron chi connectivity index (χ0n) is 19.1. The van der Waals surface area contributed by atoms with Crippen molar-refractivity contribution in [3.05, 3.63) is 29.8 Å². The van der Waals surface area contributed by atoms with Gasteiger partial charge in [-0.2, -0.15) is 4.31 Å². The summed E-state index contributed by atoms with van der Waals surface area (Å²) in [7, 11) is -1.57. The fraction of sp³-hybridized carbons (Fsp3) is 0.696. The standard InChI is InChI=1S/C23H37N5O2S.HI/c1-24-23(26-20-13-16-27(18-20)21-7-3-4-8-21)25-17-19-9-11-22(12-10-19)31(29,30)28-14-5-2-6-15-28;/h9-12,20-21H,2-8,13-18H2,1H3,(H2,24,25,26);1H. The summed E-state index contributed by atoms with van der Waals surface area (Å²) in [6.07, 6.45) is 9.62. The van der Waals surface area contributed by atoms with Crippen LogP contribution in [0.15, 0.2) is 34.2 Å². The van der Waals surface area contributed by atoms with Crippen molar-refractivity contribution in [1.82, 2.24) is 19.8 Å². The highest BCUT2D eigenvalue weighted by atomic mass is 127. The highest BCUT2D eigenvalue weighted by Crippen LogP contribution is 2.26. The molecule has 3 fully saturated rings. The molecule has 1 atom stereocenters. The predicted molar refractivity (Wildman–Crippen MR) is 140 cm³/mol. The molecule has 1 unspecified atom stereocenters. The Morgan fingerprint density at radius 3 is 2.34 bits per heavy atom. The number of hydrogen-bond acceptors (Lipinski definition) is 4. The van der Waals surface area contributed by atoms with Gasteiger partial charge in [-0.25, -0.2) is 8.42 Å². The molecule has 1 aromatic rings. The average Bonchev–Trinajstić information content (AvgIpc) is 3.49. The van der Waals surface area contributed by atoms with E-state index in [-0.39, 0.29) is 24.0 Å². The minimum Gasteiger partial charge on any atom is -0.352 e. The number of hydrogen-bond donors (Lipinski definition) is 2. The maximum Gasteiger partial charge on any atom is 0.243 e. The summed E-state index contributed by atoms with van der Waals surface area (Å²) in [5, 5.41) is 6.94. The van der Waals surface area contributed by atoms with E-state index in [1.807, 2.05) is 12.1 Å². The molecule has 2 heterocycles. The number of rotatable bonds is 6. The summed E-state index contributed by atoms with van der Waals surface area (Å²) in [6.45, 7) is 4.14. The van der Waals surface area contributed by atoms with E-state index in [9.17, 15) is 8.42 Å². The van der Waals surface area contributed by atoms with Gasteiger partial charge in [0.15, 0.2) is 5.96 Å². The molecule has 32 heavy (non-hydrogen) atoms. The van der Waals surface area contributed by atoms with Crippen molar-refractivity contribution in [2.75, 3.05) is 33.2 Å². The lowest BCUT2D eigenvalue weighted by atomic mass is 10.2. The zero-order chi connectivity index (χ0) is 21.7.